The van der Waals surface area contributed by atoms with Crippen LogP contribution in [0.2, 0.25) is 0 Å². The van der Waals surface area contributed by atoms with Gasteiger partial charge in [0.15, 0.2) is 5.69 Å². The molecule has 0 saturated carbocycles. The SMILES string of the molecule is CC(C)(C)OC(=O)C(OC(=O)N[C@H](CC(N)=O)C(=O)O)c1ccccc1[NH+]([O-])O. The molecule has 0 spiro atoms. The van der Waals surface area contributed by atoms with Crippen molar-refractivity contribution in [3.05, 3.63) is 35.0 Å². The highest BCUT2D eigenvalue weighted by atomic mass is 16.8. The summed E-state index contributed by atoms with van der Waals surface area (Å²) in [5, 5.41) is 30.4. The van der Waals surface area contributed by atoms with Crippen molar-refractivity contribution in [2.24, 2.45) is 5.73 Å². The summed E-state index contributed by atoms with van der Waals surface area (Å²) in [6, 6.07) is 3.58. The Bertz CT molecular complexity index is 774. The Morgan fingerprint density at radius 3 is 2.31 bits per heavy atom. The smallest absolute Gasteiger partial charge is 0.409 e. The number of esters is 1. The van der Waals surface area contributed by atoms with E-state index < -0.39 is 53.3 Å². The standard InChI is InChI=1S/C17H23N3O9/c1-17(2,3)29-15(24)13(9-6-4-5-7-11(9)20(26)27)28-16(25)19-10(14(22)23)8-12(18)21/h4-7,10,13,20,26H,8H2,1-3H3,(H2,18,21)(H,19,25)(H,22,23)/t10-,13?/m1/s1. The van der Waals surface area contributed by atoms with Gasteiger partial charge in [-0.3, -0.25) is 4.79 Å². The van der Waals surface area contributed by atoms with E-state index in [0.29, 0.717) is 0 Å². The number of quaternary nitrogens is 1. The van der Waals surface area contributed by atoms with Crippen LogP contribution in [-0.2, 0) is 23.9 Å². The van der Waals surface area contributed by atoms with E-state index in [9.17, 15) is 29.6 Å². The molecule has 2 unspecified atom stereocenters. The first-order chi connectivity index (χ1) is 13.3. The van der Waals surface area contributed by atoms with Gasteiger partial charge in [-0.1, -0.05) is 12.1 Å². The molecule has 0 fully saturated rings. The van der Waals surface area contributed by atoms with Crippen LogP contribution in [0.4, 0.5) is 10.5 Å². The van der Waals surface area contributed by atoms with E-state index in [0.717, 1.165) is 0 Å². The van der Waals surface area contributed by atoms with Gasteiger partial charge in [0.25, 0.3) is 0 Å². The summed E-state index contributed by atoms with van der Waals surface area (Å²) >= 11 is 0. The molecule has 1 rings (SSSR count). The quantitative estimate of drug-likeness (QED) is 0.276. The summed E-state index contributed by atoms with van der Waals surface area (Å²) in [5.41, 5.74) is 3.46. The number of rotatable bonds is 8. The molecule has 3 atom stereocenters. The van der Waals surface area contributed by atoms with E-state index in [4.69, 9.17) is 20.3 Å². The second-order valence-electron chi connectivity index (χ2n) is 6.92. The summed E-state index contributed by atoms with van der Waals surface area (Å²) in [6.07, 6.45) is -3.90. The van der Waals surface area contributed by atoms with Crippen LogP contribution in [-0.4, -0.2) is 45.9 Å². The van der Waals surface area contributed by atoms with Gasteiger partial charge < -0.3 is 30.8 Å². The third-order valence-corrected chi connectivity index (χ3v) is 3.31. The van der Waals surface area contributed by atoms with Crippen LogP contribution in [0.1, 0.15) is 38.9 Å². The lowest BCUT2D eigenvalue weighted by atomic mass is 10.1. The maximum atomic E-state index is 12.6. The fourth-order valence-corrected chi connectivity index (χ4v) is 2.20. The average Bonchev–Trinajstić information content (AvgIpc) is 2.57. The molecule has 0 bridgehead atoms. The van der Waals surface area contributed by atoms with Gasteiger partial charge >= 0.3 is 18.0 Å². The van der Waals surface area contributed by atoms with Crippen LogP contribution in [0.15, 0.2) is 24.3 Å². The van der Waals surface area contributed by atoms with Crippen LogP contribution in [0.3, 0.4) is 0 Å². The third kappa shape index (κ3) is 7.73. The number of carboxylic acids is 1. The highest BCUT2D eigenvalue weighted by molar-refractivity contribution is 5.87. The van der Waals surface area contributed by atoms with Crippen LogP contribution >= 0.6 is 0 Å². The minimum absolute atomic E-state index is 0.175. The zero-order chi connectivity index (χ0) is 22.4. The second-order valence-corrected chi connectivity index (χ2v) is 6.92. The summed E-state index contributed by atoms with van der Waals surface area (Å²) < 4.78 is 10.2. The summed E-state index contributed by atoms with van der Waals surface area (Å²) in [6.45, 7) is 4.66. The molecule has 160 valence electrons. The Labute approximate surface area is 165 Å². The van der Waals surface area contributed by atoms with Crippen molar-refractivity contribution in [2.75, 3.05) is 0 Å². The zero-order valence-corrected chi connectivity index (χ0v) is 16.0. The number of para-hydroxylation sites is 1. The highest BCUT2D eigenvalue weighted by Gasteiger charge is 2.34. The van der Waals surface area contributed by atoms with Crippen molar-refractivity contribution in [3.8, 4) is 0 Å². The van der Waals surface area contributed by atoms with E-state index in [1.165, 1.54) is 24.3 Å². The molecule has 0 saturated heterocycles. The molecule has 1 aromatic rings. The number of alkyl carbamates (subject to hydrolysis) is 1. The molecule has 0 aliphatic heterocycles. The molecule has 2 amide bonds. The van der Waals surface area contributed by atoms with Crippen molar-refractivity contribution < 1.29 is 44.2 Å². The predicted octanol–water partition coefficient (Wildman–Crippen LogP) is -0.472. The Balaban J connectivity index is 3.19. The van der Waals surface area contributed by atoms with Crippen LogP contribution in [0.25, 0.3) is 0 Å². The molecule has 0 aromatic heterocycles. The minimum atomic E-state index is -1.80. The molecule has 0 aliphatic rings. The monoisotopic (exact) mass is 413 g/mol. The first-order valence-corrected chi connectivity index (χ1v) is 8.35. The Hall–Kier alpha value is -3.22. The van der Waals surface area contributed by atoms with Crippen molar-refractivity contribution in [2.45, 2.75) is 44.9 Å². The Morgan fingerprint density at radius 1 is 1.24 bits per heavy atom. The van der Waals surface area contributed by atoms with Crippen LogP contribution in [0, 0.1) is 5.21 Å². The zero-order valence-electron chi connectivity index (χ0n) is 16.0. The summed E-state index contributed by atoms with van der Waals surface area (Å²) in [4.78, 5) is 46.8. The minimum Gasteiger partial charge on any atom is -0.595 e. The molecule has 0 heterocycles. The lowest BCUT2D eigenvalue weighted by Crippen LogP contribution is -2.99. The molecular weight excluding hydrogens is 390 g/mol. The maximum absolute atomic E-state index is 12.6. The molecule has 0 aliphatic carbocycles. The van der Waals surface area contributed by atoms with Gasteiger partial charge in [-0.15, -0.1) is 0 Å². The largest absolute Gasteiger partial charge is 0.595 e. The molecule has 1 aromatic carbocycles. The fraction of sp³-hybridized carbons (Fsp3) is 0.412. The van der Waals surface area contributed by atoms with Gasteiger partial charge in [-0.05, 0) is 26.8 Å². The van der Waals surface area contributed by atoms with Gasteiger partial charge in [0.2, 0.25) is 12.0 Å². The van der Waals surface area contributed by atoms with E-state index in [2.05, 4.69) is 0 Å². The van der Waals surface area contributed by atoms with Gasteiger partial charge in [0.1, 0.15) is 11.6 Å². The van der Waals surface area contributed by atoms with E-state index in [1.807, 2.05) is 5.32 Å². The summed E-state index contributed by atoms with van der Waals surface area (Å²) in [7, 11) is 0. The predicted molar refractivity (Wildman–Crippen MR) is 95.7 cm³/mol. The number of carbonyl (C=O) groups excluding carboxylic acids is 3. The molecule has 0 radical (unpaired) electrons. The van der Waals surface area contributed by atoms with Crippen LogP contribution < -0.4 is 16.3 Å². The number of amides is 2. The highest BCUT2D eigenvalue weighted by Crippen LogP contribution is 2.26. The molecular formula is C17H23N3O9. The fourth-order valence-electron chi connectivity index (χ4n) is 2.20. The van der Waals surface area contributed by atoms with E-state index >= 15 is 0 Å². The molecule has 6 N–H and O–H groups in total. The first-order valence-electron chi connectivity index (χ1n) is 8.35. The summed E-state index contributed by atoms with van der Waals surface area (Å²) in [5.74, 6) is -3.61. The number of primary amides is 1. The topological polar surface area (TPSA) is 193 Å². The van der Waals surface area contributed by atoms with E-state index in [-0.39, 0.29) is 11.3 Å². The Morgan fingerprint density at radius 2 is 1.83 bits per heavy atom. The number of carbonyl (C=O) groups is 4. The lowest BCUT2D eigenvalue weighted by molar-refractivity contribution is -0.991. The van der Waals surface area contributed by atoms with Crippen molar-refractivity contribution in [3.63, 3.8) is 0 Å². The van der Waals surface area contributed by atoms with Gasteiger partial charge in [-0.25, -0.2) is 19.6 Å². The molecule has 12 nitrogen and oxygen atoms in total. The normalized spacial score (nSPS) is 14.2. The van der Waals surface area contributed by atoms with Gasteiger partial charge in [-0.2, -0.15) is 5.23 Å². The Kier molecular flexibility index (Phi) is 8.06. The molecule has 12 heteroatoms. The van der Waals surface area contributed by atoms with Crippen molar-refractivity contribution in [1.29, 1.82) is 0 Å². The number of benzene rings is 1. The number of ether oxygens (including phenoxy) is 2. The van der Waals surface area contributed by atoms with Crippen LogP contribution in [0.5, 0.6) is 0 Å². The number of hydrogen-bond donors (Lipinski definition) is 5. The first kappa shape index (κ1) is 23.8. The van der Waals surface area contributed by atoms with E-state index in [1.54, 1.807) is 20.8 Å². The van der Waals surface area contributed by atoms with Gasteiger partial charge in [0, 0.05) is 6.07 Å². The third-order valence-electron chi connectivity index (χ3n) is 3.31. The molecule has 29 heavy (non-hydrogen) atoms. The van der Waals surface area contributed by atoms with Crippen molar-refractivity contribution in [1.82, 2.24) is 5.32 Å². The number of nitrogens with one attached hydrogen (secondary N) is 2. The second kappa shape index (κ2) is 9.82. The number of aliphatic carboxylic acids is 1. The number of hydrogen-bond acceptors (Lipinski definition) is 8. The van der Waals surface area contributed by atoms with Gasteiger partial charge in [0.05, 0.1) is 12.0 Å². The lowest BCUT2D eigenvalue weighted by Gasteiger charge is -2.26. The number of nitrogens with two attached hydrogens (primary N) is 1. The maximum Gasteiger partial charge on any atom is 0.409 e. The van der Waals surface area contributed by atoms with Crippen molar-refractivity contribution >= 4 is 29.6 Å². The average molecular weight is 413 g/mol. The number of carboxylic acid groups (broad SMARTS) is 1.